The van der Waals surface area contributed by atoms with Gasteiger partial charge in [-0.3, -0.25) is 0 Å². The topological polar surface area (TPSA) is 52.6 Å². The number of piperidine rings is 1. The van der Waals surface area contributed by atoms with Gasteiger partial charge in [0.1, 0.15) is 5.82 Å². The van der Waals surface area contributed by atoms with E-state index in [4.69, 9.17) is 16.7 Å². The molecule has 1 fully saturated rings. The smallest absolute Gasteiger partial charge is 0.318 e. The molecular weight excluding hydrogens is 307 g/mol. The van der Waals surface area contributed by atoms with Crippen LogP contribution in [0.4, 0.5) is 9.18 Å². The van der Waals surface area contributed by atoms with Gasteiger partial charge in [-0.15, -0.1) is 0 Å². The van der Waals surface area contributed by atoms with Crippen LogP contribution < -0.4 is 5.32 Å². The summed E-state index contributed by atoms with van der Waals surface area (Å²) in [6.07, 6.45) is 3.56. The van der Waals surface area contributed by atoms with E-state index in [9.17, 15) is 9.18 Å². The molecule has 0 aliphatic carbocycles. The van der Waals surface area contributed by atoms with Gasteiger partial charge in [0.15, 0.2) is 0 Å². The second-order valence-corrected chi connectivity index (χ2v) is 6.10. The molecule has 1 aromatic rings. The fourth-order valence-electron chi connectivity index (χ4n) is 2.92. The summed E-state index contributed by atoms with van der Waals surface area (Å²) in [6, 6.07) is 3.77. The van der Waals surface area contributed by atoms with Crippen molar-refractivity contribution >= 4 is 17.6 Å². The molecule has 2 unspecified atom stereocenters. The maximum atomic E-state index is 13.1. The predicted octanol–water partition coefficient (Wildman–Crippen LogP) is 3.49. The highest BCUT2D eigenvalue weighted by Crippen LogP contribution is 2.25. The molecule has 1 aromatic carbocycles. The van der Waals surface area contributed by atoms with Gasteiger partial charge in [-0.1, -0.05) is 17.7 Å². The van der Waals surface area contributed by atoms with Crippen molar-refractivity contribution in [3.05, 3.63) is 34.6 Å². The number of aliphatic hydroxyl groups is 1. The van der Waals surface area contributed by atoms with Gasteiger partial charge < -0.3 is 15.3 Å². The van der Waals surface area contributed by atoms with E-state index in [-0.39, 0.29) is 24.7 Å². The number of likely N-dealkylation sites (tertiary alicyclic amines) is 1. The predicted molar refractivity (Wildman–Crippen MR) is 84.4 cm³/mol. The summed E-state index contributed by atoms with van der Waals surface area (Å²) in [4.78, 5) is 14.2. The first kappa shape index (κ1) is 17.0. The molecule has 122 valence electrons. The van der Waals surface area contributed by atoms with Crippen LogP contribution in [0.3, 0.4) is 0 Å². The lowest BCUT2D eigenvalue weighted by atomic mass is 10.00. The van der Waals surface area contributed by atoms with Crippen molar-refractivity contribution in [1.82, 2.24) is 10.2 Å². The molecule has 6 heteroatoms. The van der Waals surface area contributed by atoms with Crippen molar-refractivity contribution in [2.24, 2.45) is 0 Å². The van der Waals surface area contributed by atoms with Crippen LogP contribution in [0.1, 0.15) is 44.2 Å². The average molecular weight is 329 g/mol. The molecule has 1 saturated heterocycles. The molecule has 1 aliphatic heterocycles. The third-order valence-corrected chi connectivity index (χ3v) is 4.45. The van der Waals surface area contributed by atoms with Gasteiger partial charge in [0, 0.05) is 24.2 Å². The van der Waals surface area contributed by atoms with Gasteiger partial charge in [-0.2, -0.15) is 0 Å². The number of amides is 2. The Labute approximate surface area is 135 Å². The number of nitrogens with zero attached hydrogens (tertiary/aromatic N) is 1. The largest absolute Gasteiger partial charge is 0.396 e. The first-order valence-electron chi connectivity index (χ1n) is 7.66. The molecule has 0 saturated carbocycles. The van der Waals surface area contributed by atoms with Crippen molar-refractivity contribution in [1.29, 1.82) is 0 Å². The van der Waals surface area contributed by atoms with Crippen molar-refractivity contribution < 1.29 is 14.3 Å². The molecule has 4 nitrogen and oxygen atoms in total. The fraction of sp³-hybridized carbons (Fsp3) is 0.562. The number of benzene rings is 1. The fourth-order valence-corrected chi connectivity index (χ4v) is 3.25. The molecular formula is C16H22ClFN2O2. The van der Waals surface area contributed by atoms with E-state index in [1.54, 1.807) is 11.0 Å². The van der Waals surface area contributed by atoms with Crippen LogP contribution in [0.15, 0.2) is 18.2 Å². The third kappa shape index (κ3) is 4.11. The summed E-state index contributed by atoms with van der Waals surface area (Å²) in [5, 5.41) is 12.3. The lowest BCUT2D eigenvalue weighted by Gasteiger charge is -2.36. The molecule has 2 amide bonds. The van der Waals surface area contributed by atoms with Crippen LogP contribution in [0.5, 0.6) is 0 Å². The van der Waals surface area contributed by atoms with Crippen molar-refractivity contribution in [3.63, 3.8) is 0 Å². The Bertz CT molecular complexity index is 525. The van der Waals surface area contributed by atoms with Crippen LogP contribution in [-0.2, 0) is 0 Å². The zero-order valence-corrected chi connectivity index (χ0v) is 13.4. The summed E-state index contributed by atoms with van der Waals surface area (Å²) < 4.78 is 13.1. The Balaban J connectivity index is 2.03. The van der Waals surface area contributed by atoms with E-state index in [0.717, 1.165) is 19.3 Å². The number of carbonyl (C=O) groups excluding carboxylic acids is 1. The summed E-state index contributed by atoms with van der Waals surface area (Å²) in [5.41, 5.74) is 0.687. The van der Waals surface area contributed by atoms with Gasteiger partial charge in [0.05, 0.1) is 6.04 Å². The summed E-state index contributed by atoms with van der Waals surface area (Å²) in [6.45, 7) is 2.59. The minimum Gasteiger partial charge on any atom is -0.396 e. The van der Waals surface area contributed by atoms with E-state index in [2.05, 4.69) is 5.32 Å². The Kier molecular flexibility index (Phi) is 6.03. The number of urea groups is 1. The molecule has 2 atom stereocenters. The van der Waals surface area contributed by atoms with E-state index in [1.807, 2.05) is 6.92 Å². The van der Waals surface area contributed by atoms with Crippen LogP contribution >= 0.6 is 11.6 Å². The SMILES string of the molecule is CC(NC(=O)N1CCCCC1CCO)c1ccc(F)cc1Cl. The second-order valence-electron chi connectivity index (χ2n) is 5.69. The number of hydrogen-bond acceptors (Lipinski definition) is 2. The van der Waals surface area contributed by atoms with Gasteiger partial charge in [0.2, 0.25) is 0 Å². The summed E-state index contributed by atoms with van der Waals surface area (Å²) >= 11 is 6.03. The van der Waals surface area contributed by atoms with E-state index >= 15 is 0 Å². The Morgan fingerprint density at radius 2 is 2.32 bits per heavy atom. The average Bonchev–Trinajstić information content (AvgIpc) is 2.47. The molecule has 0 radical (unpaired) electrons. The van der Waals surface area contributed by atoms with Crippen molar-refractivity contribution in [3.8, 4) is 0 Å². The van der Waals surface area contributed by atoms with Crippen LogP contribution in [0, 0.1) is 5.82 Å². The highest BCUT2D eigenvalue weighted by atomic mass is 35.5. The Morgan fingerprint density at radius 3 is 3.00 bits per heavy atom. The highest BCUT2D eigenvalue weighted by molar-refractivity contribution is 6.31. The number of carbonyl (C=O) groups is 1. The van der Waals surface area contributed by atoms with E-state index in [0.29, 0.717) is 23.6 Å². The number of halogens is 2. The number of nitrogens with one attached hydrogen (secondary N) is 1. The number of aliphatic hydroxyl groups excluding tert-OH is 1. The Hall–Kier alpha value is -1.33. The standard InChI is InChI=1S/C16H22ClFN2O2/c1-11(14-6-5-12(18)10-15(14)17)19-16(22)20-8-3-2-4-13(20)7-9-21/h5-6,10-11,13,21H,2-4,7-9H2,1H3,(H,19,22). The minimum atomic E-state index is -0.397. The molecule has 2 rings (SSSR count). The molecule has 0 spiro atoms. The first-order valence-corrected chi connectivity index (χ1v) is 8.03. The quantitative estimate of drug-likeness (QED) is 0.889. The summed E-state index contributed by atoms with van der Waals surface area (Å²) in [7, 11) is 0. The van der Waals surface area contributed by atoms with Gasteiger partial charge in [-0.25, -0.2) is 9.18 Å². The number of rotatable bonds is 4. The highest BCUT2D eigenvalue weighted by Gasteiger charge is 2.27. The summed E-state index contributed by atoms with van der Waals surface area (Å²) in [5.74, 6) is -0.397. The maximum absolute atomic E-state index is 13.1. The lowest BCUT2D eigenvalue weighted by molar-refractivity contribution is 0.130. The van der Waals surface area contributed by atoms with Gasteiger partial charge >= 0.3 is 6.03 Å². The molecule has 0 aromatic heterocycles. The third-order valence-electron chi connectivity index (χ3n) is 4.12. The van der Waals surface area contributed by atoms with E-state index in [1.165, 1.54) is 12.1 Å². The zero-order chi connectivity index (χ0) is 16.1. The van der Waals surface area contributed by atoms with Crippen LogP contribution in [0.25, 0.3) is 0 Å². The first-order chi connectivity index (χ1) is 10.5. The van der Waals surface area contributed by atoms with Gasteiger partial charge in [0.25, 0.3) is 0 Å². The Morgan fingerprint density at radius 1 is 1.55 bits per heavy atom. The molecule has 1 aliphatic rings. The van der Waals surface area contributed by atoms with Crippen LogP contribution in [0.2, 0.25) is 5.02 Å². The van der Waals surface area contributed by atoms with Gasteiger partial charge in [-0.05, 0) is 50.3 Å². The molecule has 1 heterocycles. The second kappa shape index (κ2) is 7.79. The molecule has 22 heavy (non-hydrogen) atoms. The van der Waals surface area contributed by atoms with Crippen molar-refractivity contribution in [2.75, 3.05) is 13.2 Å². The van der Waals surface area contributed by atoms with E-state index < -0.39 is 5.82 Å². The zero-order valence-electron chi connectivity index (χ0n) is 12.7. The molecule has 2 N–H and O–H groups in total. The van der Waals surface area contributed by atoms with Crippen LogP contribution in [-0.4, -0.2) is 35.2 Å². The normalized spacial score (nSPS) is 19.8. The lowest BCUT2D eigenvalue weighted by Crippen LogP contribution is -2.49. The monoisotopic (exact) mass is 328 g/mol. The number of hydrogen-bond donors (Lipinski definition) is 2. The van der Waals surface area contributed by atoms with Crippen molar-refractivity contribution in [2.45, 2.75) is 44.7 Å². The molecule has 0 bridgehead atoms. The minimum absolute atomic E-state index is 0.0772. The maximum Gasteiger partial charge on any atom is 0.318 e.